The van der Waals surface area contributed by atoms with Crippen molar-refractivity contribution in [1.82, 2.24) is 9.71 Å². The highest BCUT2D eigenvalue weighted by atomic mass is 32.2. The smallest absolute Gasteiger partial charge is 0.244 e. The highest BCUT2D eigenvalue weighted by molar-refractivity contribution is 7.94. The van der Waals surface area contributed by atoms with Gasteiger partial charge in [-0.3, -0.25) is 9.78 Å². The van der Waals surface area contributed by atoms with Crippen LogP contribution in [0, 0.1) is 12.8 Å². The number of aryl methyl sites for hydroxylation is 1. The molecule has 0 bridgehead atoms. The van der Waals surface area contributed by atoms with Crippen LogP contribution in [0.4, 0.5) is 5.69 Å². The Balaban J connectivity index is 1.87. The summed E-state index contributed by atoms with van der Waals surface area (Å²) in [6.45, 7) is 3.13. The maximum absolute atomic E-state index is 12.6. The standard InChI is InChI=1S/C17H19N3O5S2/c1-12-9-15(20-17(21)13(2)11-26(20,22)23)6-7-16(12)27(24,25)19-10-14-5-3-4-8-18-14/h3-9,13,19H,10-11H2,1-2H3/t13-/m1/s1. The van der Waals surface area contributed by atoms with Crippen molar-refractivity contribution in [2.75, 3.05) is 10.1 Å². The summed E-state index contributed by atoms with van der Waals surface area (Å²) < 4.78 is 52.8. The van der Waals surface area contributed by atoms with Gasteiger partial charge in [0.1, 0.15) is 0 Å². The van der Waals surface area contributed by atoms with Gasteiger partial charge in [-0.1, -0.05) is 13.0 Å². The third-order valence-electron chi connectivity index (χ3n) is 4.21. The molecular formula is C17H19N3O5S2. The lowest BCUT2D eigenvalue weighted by Crippen LogP contribution is -2.30. The Morgan fingerprint density at radius 2 is 2.00 bits per heavy atom. The lowest BCUT2D eigenvalue weighted by atomic mass is 10.2. The molecule has 1 aromatic carbocycles. The summed E-state index contributed by atoms with van der Waals surface area (Å²) in [5.41, 5.74) is 1.05. The van der Waals surface area contributed by atoms with E-state index in [1.54, 1.807) is 38.2 Å². The number of nitrogens with one attached hydrogen (secondary N) is 1. The van der Waals surface area contributed by atoms with Crippen molar-refractivity contribution in [2.24, 2.45) is 5.92 Å². The molecule has 10 heteroatoms. The maximum Gasteiger partial charge on any atom is 0.244 e. The van der Waals surface area contributed by atoms with Gasteiger partial charge in [0.15, 0.2) is 0 Å². The predicted molar refractivity (Wildman–Crippen MR) is 99.9 cm³/mol. The van der Waals surface area contributed by atoms with Gasteiger partial charge in [0, 0.05) is 6.20 Å². The summed E-state index contributed by atoms with van der Waals surface area (Å²) in [4.78, 5) is 16.3. The third-order valence-corrected chi connectivity index (χ3v) is 7.64. The second-order valence-corrected chi connectivity index (χ2v) is 9.98. The third kappa shape index (κ3) is 3.87. The highest BCUT2D eigenvalue weighted by Gasteiger charge is 2.42. The fourth-order valence-electron chi connectivity index (χ4n) is 2.90. The maximum atomic E-state index is 12.6. The Morgan fingerprint density at radius 3 is 2.56 bits per heavy atom. The lowest BCUT2D eigenvalue weighted by Gasteiger charge is -2.17. The largest absolute Gasteiger partial charge is 0.273 e. The molecule has 1 amide bonds. The van der Waals surface area contributed by atoms with E-state index < -0.39 is 31.9 Å². The van der Waals surface area contributed by atoms with Crippen molar-refractivity contribution in [3.63, 3.8) is 0 Å². The highest BCUT2D eigenvalue weighted by Crippen LogP contribution is 2.30. The summed E-state index contributed by atoms with van der Waals surface area (Å²) in [6.07, 6.45) is 1.57. The average molecular weight is 409 g/mol. The van der Waals surface area contributed by atoms with Crippen LogP contribution in [-0.2, 0) is 31.4 Å². The Kier molecular flexibility index (Phi) is 5.06. The van der Waals surface area contributed by atoms with Gasteiger partial charge in [-0.15, -0.1) is 0 Å². The molecule has 1 N–H and O–H groups in total. The zero-order valence-corrected chi connectivity index (χ0v) is 16.4. The Morgan fingerprint density at radius 1 is 1.26 bits per heavy atom. The van der Waals surface area contributed by atoms with Gasteiger partial charge < -0.3 is 0 Å². The van der Waals surface area contributed by atoms with E-state index in [1.165, 1.54) is 18.2 Å². The van der Waals surface area contributed by atoms with E-state index in [0.29, 0.717) is 11.3 Å². The van der Waals surface area contributed by atoms with Crippen LogP contribution in [-0.4, -0.2) is 33.5 Å². The molecule has 3 rings (SSSR count). The number of benzene rings is 1. The van der Waals surface area contributed by atoms with E-state index in [-0.39, 0.29) is 22.9 Å². The molecule has 1 aliphatic heterocycles. The van der Waals surface area contributed by atoms with Gasteiger partial charge in [0.25, 0.3) is 0 Å². The number of aromatic nitrogens is 1. The monoisotopic (exact) mass is 409 g/mol. The number of sulfonamides is 2. The first kappa shape index (κ1) is 19.5. The summed E-state index contributed by atoms with van der Waals surface area (Å²) >= 11 is 0. The number of anilines is 1. The molecular weight excluding hydrogens is 390 g/mol. The van der Waals surface area contributed by atoms with E-state index in [0.717, 1.165) is 4.31 Å². The molecule has 2 aromatic rings. The minimum Gasteiger partial charge on any atom is -0.273 e. The molecule has 1 atom stereocenters. The number of carbonyl (C=O) groups excluding carboxylic acids is 1. The molecule has 0 spiro atoms. The van der Waals surface area contributed by atoms with Crippen LogP contribution in [0.25, 0.3) is 0 Å². The van der Waals surface area contributed by atoms with Crippen LogP contribution in [0.2, 0.25) is 0 Å². The molecule has 0 aliphatic carbocycles. The number of nitrogens with zero attached hydrogens (tertiary/aromatic N) is 2. The van der Waals surface area contributed by atoms with Crippen molar-refractivity contribution in [3.05, 3.63) is 53.9 Å². The molecule has 0 unspecified atom stereocenters. The zero-order chi connectivity index (χ0) is 19.8. The fourth-order valence-corrected chi connectivity index (χ4v) is 5.93. The number of amides is 1. The van der Waals surface area contributed by atoms with E-state index in [9.17, 15) is 21.6 Å². The van der Waals surface area contributed by atoms with Crippen molar-refractivity contribution in [3.8, 4) is 0 Å². The molecule has 8 nitrogen and oxygen atoms in total. The Hall–Kier alpha value is -2.30. The van der Waals surface area contributed by atoms with Gasteiger partial charge in [-0.2, -0.15) is 0 Å². The molecule has 0 radical (unpaired) electrons. The lowest BCUT2D eigenvalue weighted by molar-refractivity contribution is -0.119. The first-order valence-electron chi connectivity index (χ1n) is 8.19. The summed E-state index contributed by atoms with van der Waals surface area (Å²) in [5, 5.41) is 0. The van der Waals surface area contributed by atoms with Gasteiger partial charge >= 0.3 is 0 Å². The second kappa shape index (κ2) is 7.02. The van der Waals surface area contributed by atoms with E-state index in [1.807, 2.05) is 0 Å². The van der Waals surface area contributed by atoms with Crippen LogP contribution in [0.5, 0.6) is 0 Å². The van der Waals surface area contributed by atoms with E-state index in [4.69, 9.17) is 0 Å². The van der Waals surface area contributed by atoms with Crippen molar-refractivity contribution < 1.29 is 21.6 Å². The molecule has 144 valence electrons. The quantitative estimate of drug-likeness (QED) is 0.793. The molecule has 27 heavy (non-hydrogen) atoms. The van der Waals surface area contributed by atoms with E-state index >= 15 is 0 Å². The van der Waals surface area contributed by atoms with Gasteiger partial charge in [0.2, 0.25) is 26.0 Å². The van der Waals surface area contributed by atoms with Crippen LogP contribution < -0.4 is 9.03 Å². The van der Waals surface area contributed by atoms with E-state index in [2.05, 4.69) is 9.71 Å². The van der Waals surface area contributed by atoms with Crippen LogP contribution >= 0.6 is 0 Å². The normalized spacial score (nSPS) is 19.4. The van der Waals surface area contributed by atoms with Crippen molar-refractivity contribution >= 4 is 31.6 Å². The zero-order valence-electron chi connectivity index (χ0n) is 14.8. The molecule has 1 aliphatic rings. The number of carbonyl (C=O) groups is 1. The first-order valence-corrected chi connectivity index (χ1v) is 11.3. The first-order chi connectivity index (χ1) is 12.6. The Bertz CT molecular complexity index is 1080. The molecule has 1 fully saturated rings. The second-order valence-electron chi connectivity index (χ2n) is 6.38. The van der Waals surface area contributed by atoms with Gasteiger partial charge in [0.05, 0.1) is 34.5 Å². The van der Waals surface area contributed by atoms with Crippen LogP contribution in [0.15, 0.2) is 47.5 Å². The minimum atomic E-state index is -3.83. The average Bonchev–Trinajstić information content (AvgIpc) is 2.81. The van der Waals surface area contributed by atoms with Crippen LogP contribution in [0.3, 0.4) is 0 Å². The topological polar surface area (TPSA) is 114 Å². The van der Waals surface area contributed by atoms with Crippen molar-refractivity contribution in [2.45, 2.75) is 25.3 Å². The number of rotatable bonds is 5. The molecule has 1 aromatic heterocycles. The SMILES string of the molecule is Cc1cc(N2C(=O)[C@H](C)CS2(=O)=O)ccc1S(=O)(=O)NCc1ccccn1. The van der Waals surface area contributed by atoms with Crippen molar-refractivity contribution in [1.29, 1.82) is 0 Å². The number of hydrogen-bond acceptors (Lipinski definition) is 6. The minimum absolute atomic E-state index is 0.0132. The van der Waals surface area contributed by atoms with Gasteiger partial charge in [-0.25, -0.2) is 25.9 Å². The molecule has 2 heterocycles. The summed E-state index contributed by atoms with van der Waals surface area (Å²) in [5.74, 6) is -1.40. The summed E-state index contributed by atoms with van der Waals surface area (Å²) in [7, 11) is -7.56. The molecule has 0 saturated carbocycles. The summed E-state index contributed by atoms with van der Waals surface area (Å²) in [6, 6.07) is 9.21. The number of pyridine rings is 1. The number of hydrogen-bond donors (Lipinski definition) is 1. The van der Waals surface area contributed by atoms with Gasteiger partial charge in [-0.05, 0) is 42.8 Å². The fraction of sp³-hybridized carbons (Fsp3) is 0.294. The molecule has 1 saturated heterocycles. The Labute approximate surface area is 158 Å². The predicted octanol–water partition coefficient (Wildman–Crippen LogP) is 1.18. The van der Waals surface area contributed by atoms with Crippen LogP contribution in [0.1, 0.15) is 18.2 Å².